The van der Waals surface area contributed by atoms with Crippen molar-refractivity contribution in [2.24, 2.45) is 5.92 Å². The van der Waals surface area contributed by atoms with Crippen LogP contribution in [-0.2, 0) is 4.79 Å². The summed E-state index contributed by atoms with van der Waals surface area (Å²) in [6.45, 7) is 8.89. The van der Waals surface area contributed by atoms with Crippen molar-refractivity contribution in [2.45, 2.75) is 33.2 Å². The zero-order valence-corrected chi connectivity index (χ0v) is 16.6. The van der Waals surface area contributed by atoms with Gasteiger partial charge in [-0.2, -0.15) is 4.98 Å². The standard InChI is InChI=1S/C20H27FN4O3/c1-14(2)11-24-9-4-10-25(12-18(24)20-22-15(3)23-28-20)19(26)13-27-17-7-5-16(21)6-8-17/h5-8,14,18H,4,9-13H2,1-3H3/t18-/m0/s1. The van der Waals surface area contributed by atoms with Crippen molar-refractivity contribution in [1.29, 1.82) is 0 Å². The topological polar surface area (TPSA) is 71.7 Å². The van der Waals surface area contributed by atoms with E-state index >= 15 is 0 Å². The molecule has 7 nitrogen and oxygen atoms in total. The molecule has 0 N–H and O–H groups in total. The Kier molecular flexibility index (Phi) is 6.61. The van der Waals surface area contributed by atoms with Crippen molar-refractivity contribution >= 4 is 5.91 Å². The van der Waals surface area contributed by atoms with Crippen LogP contribution in [0.25, 0.3) is 0 Å². The Hall–Kier alpha value is -2.48. The molecule has 0 unspecified atom stereocenters. The molecule has 1 atom stereocenters. The van der Waals surface area contributed by atoms with Gasteiger partial charge in [-0.25, -0.2) is 4.39 Å². The van der Waals surface area contributed by atoms with Crippen molar-refractivity contribution in [3.63, 3.8) is 0 Å². The van der Waals surface area contributed by atoms with Gasteiger partial charge in [0.2, 0.25) is 5.89 Å². The summed E-state index contributed by atoms with van der Waals surface area (Å²) in [5.41, 5.74) is 0. The zero-order chi connectivity index (χ0) is 20.1. The molecule has 1 aromatic carbocycles. The minimum atomic E-state index is -0.339. The summed E-state index contributed by atoms with van der Waals surface area (Å²) in [4.78, 5) is 21.2. The molecule has 152 valence electrons. The number of carbonyl (C=O) groups excluding carboxylic acids is 1. The third-order valence-corrected chi connectivity index (χ3v) is 4.66. The maximum Gasteiger partial charge on any atom is 0.260 e. The van der Waals surface area contributed by atoms with Crippen LogP contribution in [0.5, 0.6) is 5.75 Å². The smallest absolute Gasteiger partial charge is 0.260 e. The lowest BCUT2D eigenvalue weighted by atomic mass is 10.1. The molecule has 2 aromatic rings. The molecule has 0 radical (unpaired) electrons. The van der Waals surface area contributed by atoms with E-state index < -0.39 is 0 Å². The summed E-state index contributed by atoms with van der Waals surface area (Å²) in [5, 5.41) is 3.92. The van der Waals surface area contributed by atoms with Gasteiger partial charge in [0.15, 0.2) is 12.4 Å². The molecule has 1 aliphatic rings. The van der Waals surface area contributed by atoms with Gasteiger partial charge >= 0.3 is 0 Å². The normalized spacial score (nSPS) is 18.3. The van der Waals surface area contributed by atoms with E-state index in [9.17, 15) is 9.18 Å². The first-order valence-corrected chi connectivity index (χ1v) is 9.62. The fourth-order valence-corrected chi connectivity index (χ4v) is 3.40. The predicted molar refractivity (Wildman–Crippen MR) is 101 cm³/mol. The van der Waals surface area contributed by atoms with Crippen LogP contribution in [0.2, 0.25) is 0 Å². The molecule has 1 aliphatic heterocycles. The molecule has 1 fully saturated rings. The number of hydrogen-bond acceptors (Lipinski definition) is 6. The molecular formula is C20H27FN4O3. The lowest BCUT2D eigenvalue weighted by Gasteiger charge is -2.30. The van der Waals surface area contributed by atoms with Crippen LogP contribution < -0.4 is 4.74 Å². The highest BCUT2D eigenvalue weighted by atomic mass is 19.1. The van der Waals surface area contributed by atoms with E-state index in [1.165, 1.54) is 24.3 Å². The molecule has 0 aliphatic carbocycles. The number of rotatable bonds is 6. The fraction of sp³-hybridized carbons (Fsp3) is 0.550. The molecule has 3 rings (SSSR count). The molecule has 1 amide bonds. The average Bonchev–Trinajstić information content (AvgIpc) is 2.97. The van der Waals surface area contributed by atoms with Gasteiger partial charge in [-0.3, -0.25) is 9.69 Å². The van der Waals surface area contributed by atoms with Gasteiger partial charge < -0.3 is 14.2 Å². The third kappa shape index (κ3) is 5.28. The summed E-state index contributed by atoms with van der Waals surface area (Å²) in [6, 6.07) is 5.51. The van der Waals surface area contributed by atoms with E-state index in [4.69, 9.17) is 9.26 Å². The van der Waals surface area contributed by atoms with Crippen molar-refractivity contribution in [3.05, 3.63) is 41.8 Å². The van der Waals surface area contributed by atoms with E-state index in [1.807, 2.05) is 0 Å². The van der Waals surface area contributed by atoms with Crippen LogP contribution in [-0.4, -0.2) is 58.6 Å². The molecule has 8 heteroatoms. The Morgan fingerprint density at radius 3 is 2.71 bits per heavy atom. The minimum absolute atomic E-state index is 0.0919. The summed E-state index contributed by atoms with van der Waals surface area (Å²) >= 11 is 0. The maximum absolute atomic E-state index is 13.0. The Balaban J connectivity index is 1.69. The zero-order valence-electron chi connectivity index (χ0n) is 16.6. The number of carbonyl (C=O) groups is 1. The average molecular weight is 390 g/mol. The Labute approximate surface area is 164 Å². The molecular weight excluding hydrogens is 363 g/mol. The summed E-state index contributed by atoms with van der Waals surface area (Å²) < 4.78 is 24.0. The highest BCUT2D eigenvalue weighted by Crippen LogP contribution is 2.25. The SMILES string of the molecule is Cc1noc([C@@H]2CN(C(=O)COc3ccc(F)cc3)CCCN2CC(C)C)n1. The molecule has 0 spiro atoms. The summed E-state index contributed by atoms with van der Waals surface area (Å²) in [7, 11) is 0. The number of amides is 1. The van der Waals surface area contributed by atoms with Crippen LogP contribution in [0.1, 0.15) is 38.0 Å². The van der Waals surface area contributed by atoms with Gasteiger partial charge in [-0.15, -0.1) is 0 Å². The predicted octanol–water partition coefficient (Wildman–Crippen LogP) is 2.83. The van der Waals surface area contributed by atoms with Crippen LogP contribution in [0.15, 0.2) is 28.8 Å². The number of halogens is 1. The first kappa shape index (κ1) is 20.3. The van der Waals surface area contributed by atoms with Gasteiger partial charge in [0, 0.05) is 26.2 Å². The van der Waals surface area contributed by atoms with Gasteiger partial charge in [0.05, 0.1) is 0 Å². The van der Waals surface area contributed by atoms with E-state index in [0.717, 1.165) is 19.5 Å². The summed E-state index contributed by atoms with van der Waals surface area (Å²) in [6.07, 6.45) is 0.860. The molecule has 0 bridgehead atoms. The Morgan fingerprint density at radius 1 is 1.32 bits per heavy atom. The summed E-state index contributed by atoms with van der Waals surface area (Å²) in [5.74, 6) is 1.62. The van der Waals surface area contributed by atoms with Crippen LogP contribution in [0.3, 0.4) is 0 Å². The van der Waals surface area contributed by atoms with E-state index in [1.54, 1.807) is 11.8 Å². The number of aromatic nitrogens is 2. The lowest BCUT2D eigenvalue weighted by Crippen LogP contribution is -2.40. The van der Waals surface area contributed by atoms with E-state index in [-0.39, 0.29) is 24.4 Å². The van der Waals surface area contributed by atoms with Crippen LogP contribution in [0.4, 0.5) is 4.39 Å². The van der Waals surface area contributed by atoms with E-state index in [0.29, 0.717) is 36.5 Å². The molecule has 1 saturated heterocycles. The van der Waals surface area contributed by atoms with Crippen molar-refractivity contribution in [2.75, 3.05) is 32.8 Å². The maximum atomic E-state index is 13.0. The van der Waals surface area contributed by atoms with Crippen LogP contribution in [0, 0.1) is 18.7 Å². The Bertz CT molecular complexity index is 778. The second-order valence-electron chi connectivity index (χ2n) is 7.52. The van der Waals surface area contributed by atoms with E-state index in [2.05, 4.69) is 28.9 Å². The molecule has 1 aromatic heterocycles. The number of ether oxygens (including phenoxy) is 1. The monoisotopic (exact) mass is 390 g/mol. The van der Waals surface area contributed by atoms with Gasteiger partial charge in [0.1, 0.15) is 17.6 Å². The Morgan fingerprint density at radius 2 is 2.07 bits per heavy atom. The first-order chi connectivity index (χ1) is 13.4. The highest BCUT2D eigenvalue weighted by molar-refractivity contribution is 5.77. The third-order valence-electron chi connectivity index (χ3n) is 4.66. The van der Waals surface area contributed by atoms with Gasteiger partial charge in [-0.05, 0) is 43.5 Å². The first-order valence-electron chi connectivity index (χ1n) is 9.62. The number of nitrogens with zero attached hydrogens (tertiary/aromatic N) is 4. The van der Waals surface area contributed by atoms with Gasteiger partial charge in [0.25, 0.3) is 5.91 Å². The van der Waals surface area contributed by atoms with Crippen molar-refractivity contribution in [1.82, 2.24) is 19.9 Å². The van der Waals surface area contributed by atoms with Gasteiger partial charge in [-0.1, -0.05) is 19.0 Å². The largest absolute Gasteiger partial charge is 0.484 e. The molecule has 28 heavy (non-hydrogen) atoms. The number of benzene rings is 1. The molecule has 0 saturated carbocycles. The lowest BCUT2D eigenvalue weighted by molar-refractivity contribution is -0.133. The van der Waals surface area contributed by atoms with Crippen molar-refractivity contribution < 1.29 is 18.4 Å². The second-order valence-corrected chi connectivity index (χ2v) is 7.52. The number of aryl methyl sites for hydroxylation is 1. The number of hydrogen-bond donors (Lipinski definition) is 0. The fourth-order valence-electron chi connectivity index (χ4n) is 3.40. The highest BCUT2D eigenvalue weighted by Gasteiger charge is 2.32. The quantitative estimate of drug-likeness (QED) is 0.755. The van der Waals surface area contributed by atoms with Crippen LogP contribution >= 0.6 is 0 Å². The minimum Gasteiger partial charge on any atom is -0.484 e. The second kappa shape index (κ2) is 9.14. The molecule has 2 heterocycles. The van der Waals surface area contributed by atoms with Crippen molar-refractivity contribution in [3.8, 4) is 5.75 Å².